The molecule has 1 fully saturated rings. The van der Waals surface area contributed by atoms with E-state index in [1.807, 2.05) is 0 Å². The number of amides is 1. The quantitative estimate of drug-likeness (QED) is 0.586. The number of carbonyl (C=O) groups is 1. The van der Waals surface area contributed by atoms with Crippen LogP contribution in [-0.2, 0) is 0 Å². The summed E-state index contributed by atoms with van der Waals surface area (Å²) >= 11 is 5.89. The lowest BCUT2D eigenvalue weighted by Crippen LogP contribution is -2.25. The fraction of sp³-hybridized carbons (Fsp3) is 0.348. The maximum atomic E-state index is 12.3. The van der Waals surface area contributed by atoms with Crippen LogP contribution in [0.2, 0.25) is 5.02 Å². The number of nitrogens with one attached hydrogen (secondary N) is 2. The van der Waals surface area contributed by atoms with Gasteiger partial charge in [0.05, 0.1) is 0 Å². The molecule has 2 N–H and O–H groups in total. The van der Waals surface area contributed by atoms with E-state index in [9.17, 15) is 4.79 Å². The van der Waals surface area contributed by atoms with E-state index in [0.717, 1.165) is 6.42 Å². The number of H-pyrrole nitrogens is 1. The Bertz CT molecular complexity index is 987. The lowest BCUT2D eigenvalue weighted by atomic mass is 10.0. The van der Waals surface area contributed by atoms with Gasteiger partial charge in [0.15, 0.2) is 0 Å². The average Bonchev–Trinajstić information content (AvgIpc) is 3.00. The molecule has 1 aromatic heterocycles. The minimum Gasteiger partial charge on any atom is -0.358 e. The van der Waals surface area contributed by atoms with Crippen molar-refractivity contribution in [2.45, 2.75) is 33.1 Å². The van der Waals surface area contributed by atoms with Crippen molar-refractivity contribution < 1.29 is 4.79 Å². The van der Waals surface area contributed by atoms with Crippen molar-refractivity contribution in [2.24, 2.45) is 11.3 Å². The number of rotatable bonds is 5. The minimum absolute atomic E-state index is 0.0371. The van der Waals surface area contributed by atoms with Crippen molar-refractivity contribution in [3.63, 3.8) is 0 Å². The van der Waals surface area contributed by atoms with E-state index in [0.29, 0.717) is 29.0 Å². The number of para-hydroxylation sites is 1. The Labute approximate surface area is 165 Å². The Balaban J connectivity index is 1.43. The van der Waals surface area contributed by atoms with E-state index in [1.165, 1.54) is 22.2 Å². The number of aryl methyl sites for hydroxylation is 1. The van der Waals surface area contributed by atoms with Crippen LogP contribution in [0.3, 0.4) is 0 Å². The van der Waals surface area contributed by atoms with Gasteiger partial charge in [0.25, 0.3) is 5.91 Å². The van der Waals surface area contributed by atoms with Crippen molar-refractivity contribution in [3.8, 4) is 0 Å². The molecular weight excluding hydrogens is 356 g/mol. The molecule has 27 heavy (non-hydrogen) atoms. The molecular formula is C23H25ClN2O. The van der Waals surface area contributed by atoms with Crippen molar-refractivity contribution in [1.29, 1.82) is 0 Å². The number of fused-ring (bicyclic) bond motifs is 1. The number of carbonyl (C=O) groups excluding carboxylic acids is 1. The molecule has 4 heteroatoms. The molecule has 4 rings (SSSR count). The lowest BCUT2D eigenvalue weighted by Gasteiger charge is -2.06. The summed E-state index contributed by atoms with van der Waals surface area (Å²) in [5.74, 6) is 1.06. The summed E-state index contributed by atoms with van der Waals surface area (Å²) < 4.78 is 0. The van der Waals surface area contributed by atoms with E-state index in [1.54, 1.807) is 24.3 Å². The van der Waals surface area contributed by atoms with E-state index in [2.05, 4.69) is 55.3 Å². The van der Waals surface area contributed by atoms with E-state index in [4.69, 9.17) is 11.6 Å². The second-order valence-electron chi connectivity index (χ2n) is 8.17. The summed E-state index contributed by atoms with van der Waals surface area (Å²) in [6, 6.07) is 15.5. The van der Waals surface area contributed by atoms with Gasteiger partial charge in [-0.25, -0.2) is 0 Å². The first-order valence-electron chi connectivity index (χ1n) is 9.50. The van der Waals surface area contributed by atoms with Gasteiger partial charge in [0.2, 0.25) is 0 Å². The molecule has 140 valence electrons. The second-order valence-corrected chi connectivity index (χ2v) is 8.60. The van der Waals surface area contributed by atoms with Gasteiger partial charge < -0.3 is 10.3 Å². The van der Waals surface area contributed by atoms with Crippen molar-refractivity contribution in [3.05, 3.63) is 70.4 Å². The lowest BCUT2D eigenvalue weighted by molar-refractivity contribution is 0.0952. The fourth-order valence-electron chi connectivity index (χ4n) is 4.60. The van der Waals surface area contributed by atoms with Gasteiger partial charge in [-0.1, -0.05) is 43.6 Å². The molecule has 1 aliphatic rings. The van der Waals surface area contributed by atoms with Crippen molar-refractivity contribution in [2.75, 3.05) is 6.54 Å². The molecule has 2 atom stereocenters. The zero-order valence-corrected chi connectivity index (χ0v) is 16.7. The molecule has 0 saturated heterocycles. The molecule has 1 amide bonds. The standard InChI is InChI=1S/C23H25ClN2O/c1-14-20(17-6-4-5-7-19(17)26-14)21-18(23(21,2)3)12-13-25-22(27)15-8-10-16(24)11-9-15/h4-11,18,21,26H,12-13H2,1-3H3,(H,25,27)/t18-,21-/m1/s1. The first-order chi connectivity index (χ1) is 12.9. The molecule has 1 saturated carbocycles. The molecule has 1 aliphatic carbocycles. The van der Waals surface area contributed by atoms with Crippen LogP contribution in [0.4, 0.5) is 0 Å². The Kier molecular flexibility index (Phi) is 4.51. The Morgan fingerprint density at radius 1 is 1.15 bits per heavy atom. The molecule has 1 heterocycles. The SMILES string of the molecule is Cc1[nH]c2ccccc2c1[C@H]1[C@@H](CCNC(=O)c2ccc(Cl)cc2)C1(C)C. The number of hydrogen-bond donors (Lipinski definition) is 2. The van der Waals surface area contributed by atoms with Crippen LogP contribution in [-0.4, -0.2) is 17.4 Å². The first kappa shape index (κ1) is 18.1. The highest BCUT2D eigenvalue weighted by Crippen LogP contribution is 2.67. The van der Waals surface area contributed by atoms with Gasteiger partial charge >= 0.3 is 0 Å². The monoisotopic (exact) mass is 380 g/mol. The van der Waals surface area contributed by atoms with Crippen LogP contribution in [0.5, 0.6) is 0 Å². The van der Waals surface area contributed by atoms with Crippen molar-refractivity contribution >= 4 is 28.4 Å². The van der Waals surface area contributed by atoms with Crippen molar-refractivity contribution in [1.82, 2.24) is 10.3 Å². The topological polar surface area (TPSA) is 44.9 Å². The second kappa shape index (κ2) is 6.72. The molecule has 0 unspecified atom stereocenters. The molecule has 3 aromatic rings. The third-order valence-corrected chi connectivity index (χ3v) is 6.40. The van der Waals surface area contributed by atoms with Crippen LogP contribution >= 0.6 is 11.6 Å². The molecule has 2 aromatic carbocycles. The first-order valence-corrected chi connectivity index (χ1v) is 9.88. The highest BCUT2D eigenvalue weighted by molar-refractivity contribution is 6.30. The number of hydrogen-bond acceptors (Lipinski definition) is 1. The predicted molar refractivity (Wildman–Crippen MR) is 111 cm³/mol. The largest absolute Gasteiger partial charge is 0.358 e. The third kappa shape index (κ3) is 3.25. The van der Waals surface area contributed by atoms with Gasteiger partial charge in [0, 0.05) is 33.7 Å². The van der Waals surface area contributed by atoms with E-state index >= 15 is 0 Å². The maximum Gasteiger partial charge on any atom is 0.251 e. The number of aromatic amines is 1. The molecule has 0 spiro atoms. The van der Waals surface area contributed by atoms with Gasteiger partial charge in [-0.3, -0.25) is 4.79 Å². The van der Waals surface area contributed by atoms with Crippen LogP contribution in [0, 0.1) is 18.3 Å². The summed E-state index contributed by atoms with van der Waals surface area (Å²) in [5, 5.41) is 5.03. The smallest absolute Gasteiger partial charge is 0.251 e. The van der Waals surface area contributed by atoms with E-state index < -0.39 is 0 Å². The average molecular weight is 381 g/mol. The summed E-state index contributed by atoms with van der Waals surface area (Å²) in [7, 11) is 0. The van der Waals surface area contributed by atoms with Gasteiger partial charge in [-0.2, -0.15) is 0 Å². The highest BCUT2D eigenvalue weighted by atomic mass is 35.5. The summed E-state index contributed by atoms with van der Waals surface area (Å²) in [4.78, 5) is 15.8. The summed E-state index contributed by atoms with van der Waals surface area (Å²) in [6.45, 7) is 7.53. The van der Waals surface area contributed by atoms with Crippen LogP contribution in [0.25, 0.3) is 10.9 Å². The highest BCUT2D eigenvalue weighted by Gasteiger charge is 2.58. The normalized spacial score (nSPS) is 20.6. The number of halogens is 1. The molecule has 0 radical (unpaired) electrons. The van der Waals surface area contributed by atoms with Crippen LogP contribution in [0.1, 0.15) is 47.8 Å². The zero-order chi connectivity index (χ0) is 19.2. The number of aromatic nitrogens is 1. The third-order valence-electron chi connectivity index (χ3n) is 6.15. The predicted octanol–water partition coefficient (Wildman–Crippen LogP) is 5.69. The fourth-order valence-corrected chi connectivity index (χ4v) is 4.73. The zero-order valence-electron chi connectivity index (χ0n) is 16.0. The summed E-state index contributed by atoms with van der Waals surface area (Å²) in [5.41, 5.74) is 4.83. The molecule has 0 bridgehead atoms. The molecule has 0 aliphatic heterocycles. The van der Waals surface area contributed by atoms with Crippen LogP contribution < -0.4 is 5.32 Å². The Morgan fingerprint density at radius 3 is 2.59 bits per heavy atom. The van der Waals surface area contributed by atoms with E-state index in [-0.39, 0.29) is 11.3 Å². The number of benzene rings is 2. The van der Waals surface area contributed by atoms with Gasteiger partial charge in [0.1, 0.15) is 0 Å². The minimum atomic E-state index is -0.0371. The summed E-state index contributed by atoms with van der Waals surface area (Å²) in [6.07, 6.45) is 0.982. The van der Waals surface area contributed by atoms with Gasteiger partial charge in [-0.15, -0.1) is 0 Å². The maximum absolute atomic E-state index is 12.3. The molecule has 3 nitrogen and oxygen atoms in total. The Morgan fingerprint density at radius 2 is 1.85 bits per heavy atom. The van der Waals surface area contributed by atoms with Gasteiger partial charge in [-0.05, 0) is 66.5 Å². The van der Waals surface area contributed by atoms with Crippen LogP contribution in [0.15, 0.2) is 48.5 Å². The Hall–Kier alpha value is -2.26.